The Hall–Kier alpha value is -2.54. The predicted octanol–water partition coefficient (Wildman–Crippen LogP) is 3.58. The maximum Gasteiger partial charge on any atom is 0.240 e. The third kappa shape index (κ3) is 3.27. The van der Waals surface area contributed by atoms with E-state index >= 15 is 0 Å². The lowest BCUT2D eigenvalue weighted by Gasteiger charge is -2.46. The van der Waals surface area contributed by atoms with Gasteiger partial charge in [-0.3, -0.25) is 15.0 Å². The van der Waals surface area contributed by atoms with Crippen molar-refractivity contribution in [3.8, 4) is 11.5 Å². The summed E-state index contributed by atoms with van der Waals surface area (Å²) in [6.45, 7) is 6.37. The van der Waals surface area contributed by atoms with Crippen LogP contribution in [0.1, 0.15) is 55.5 Å². The molecule has 0 saturated heterocycles. The Bertz CT molecular complexity index is 932. The number of nitrogens with zero attached hydrogens (tertiary/aromatic N) is 2. The number of anilines is 1. The van der Waals surface area contributed by atoms with E-state index in [9.17, 15) is 4.79 Å². The second-order valence-electron chi connectivity index (χ2n) is 8.53. The number of benzene rings is 1. The van der Waals surface area contributed by atoms with E-state index in [1.807, 2.05) is 6.92 Å². The minimum absolute atomic E-state index is 0.0814. The fourth-order valence-corrected chi connectivity index (χ4v) is 5.17. The highest BCUT2D eigenvalue weighted by molar-refractivity contribution is 5.91. The Kier molecular flexibility index (Phi) is 4.50. The molecule has 0 radical (unpaired) electrons. The largest absolute Gasteiger partial charge is 0.486 e. The van der Waals surface area contributed by atoms with Gasteiger partial charge in [-0.15, -0.1) is 0 Å². The second-order valence-corrected chi connectivity index (χ2v) is 8.53. The molecule has 3 aliphatic rings. The molecule has 7 nitrogen and oxygen atoms in total. The lowest BCUT2D eigenvalue weighted by atomic mass is 9.71. The third-order valence-corrected chi connectivity index (χ3v) is 6.59. The van der Waals surface area contributed by atoms with Crippen LogP contribution in [-0.4, -0.2) is 42.3 Å². The number of aryl methyl sites for hydroxylation is 1. The van der Waals surface area contributed by atoms with E-state index in [1.165, 1.54) is 24.0 Å². The van der Waals surface area contributed by atoms with Gasteiger partial charge in [0, 0.05) is 24.1 Å². The van der Waals surface area contributed by atoms with Gasteiger partial charge in [0.2, 0.25) is 11.8 Å². The second kappa shape index (κ2) is 7.06. The molecule has 29 heavy (non-hydrogen) atoms. The predicted molar refractivity (Wildman–Crippen MR) is 107 cm³/mol. The number of carbonyl (C=O) groups excluding carboxylic acids is 1. The van der Waals surface area contributed by atoms with Gasteiger partial charge >= 0.3 is 0 Å². The van der Waals surface area contributed by atoms with E-state index in [1.54, 1.807) is 6.07 Å². The zero-order valence-electron chi connectivity index (χ0n) is 17.0. The van der Waals surface area contributed by atoms with Crippen LogP contribution in [-0.2, 0) is 10.2 Å². The van der Waals surface area contributed by atoms with Crippen LogP contribution in [0.2, 0.25) is 0 Å². The first kappa shape index (κ1) is 18.5. The fourth-order valence-electron chi connectivity index (χ4n) is 5.17. The molecule has 1 fully saturated rings. The van der Waals surface area contributed by atoms with Gasteiger partial charge in [0.25, 0.3) is 0 Å². The summed E-state index contributed by atoms with van der Waals surface area (Å²) >= 11 is 0. The fraction of sp³-hybridized carbons (Fsp3) is 0.545. The van der Waals surface area contributed by atoms with Crippen molar-refractivity contribution in [1.82, 2.24) is 10.1 Å². The summed E-state index contributed by atoms with van der Waals surface area (Å²) in [7, 11) is 0. The molecular formula is C22H27N3O4. The Labute approximate surface area is 170 Å². The van der Waals surface area contributed by atoms with E-state index in [2.05, 4.69) is 34.4 Å². The van der Waals surface area contributed by atoms with Gasteiger partial charge in [-0.05, 0) is 49.9 Å². The Balaban J connectivity index is 1.44. The van der Waals surface area contributed by atoms with Crippen LogP contribution in [0, 0.1) is 6.92 Å². The third-order valence-electron chi connectivity index (χ3n) is 6.59. The van der Waals surface area contributed by atoms with Gasteiger partial charge < -0.3 is 14.0 Å². The zero-order chi connectivity index (χ0) is 20.0. The first-order chi connectivity index (χ1) is 14.0. The van der Waals surface area contributed by atoms with Crippen LogP contribution in [0.15, 0.2) is 22.7 Å². The molecule has 2 aliphatic heterocycles. The topological polar surface area (TPSA) is 76.8 Å². The molecule has 1 aliphatic carbocycles. The highest BCUT2D eigenvalue weighted by atomic mass is 16.6. The number of hydrogen-bond acceptors (Lipinski definition) is 6. The summed E-state index contributed by atoms with van der Waals surface area (Å²) in [4.78, 5) is 15.0. The summed E-state index contributed by atoms with van der Waals surface area (Å²) in [6, 6.07) is 6.20. The average Bonchev–Trinajstić information content (AvgIpc) is 3.34. The minimum atomic E-state index is -0.0814. The molecule has 1 aromatic carbocycles. The van der Waals surface area contributed by atoms with Gasteiger partial charge in [0.1, 0.15) is 13.2 Å². The quantitative estimate of drug-likeness (QED) is 0.853. The molecule has 1 amide bonds. The number of carbonyl (C=O) groups is 1. The van der Waals surface area contributed by atoms with E-state index < -0.39 is 0 Å². The van der Waals surface area contributed by atoms with Gasteiger partial charge in [-0.25, -0.2) is 0 Å². The smallest absolute Gasteiger partial charge is 0.240 e. The van der Waals surface area contributed by atoms with Crippen molar-refractivity contribution in [3.63, 3.8) is 0 Å². The standard InChI is InChI=1S/C22H27N3O4/c1-14-9-21(29-24-14)23-20(26)12-25-13-22(5-3-4-6-22)17-11-19-18(27-7-8-28-19)10-16(17)15(25)2/h9-11,15H,3-8,12-13H2,1-2H3,(H,23,26). The van der Waals surface area contributed by atoms with Crippen molar-refractivity contribution in [2.75, 3.05) is 31.6 Å². The Morgan fingerprint density at radius 3 is 2.62 bits per heavy atom. The summed E-state index contributed by atoms with van der Waals surface area (Å²) in [5.41, 5.74) is 3.47. The molecule has 1 spiro atoms. The molecule has 1 aromatic heterocycles. The summed E-state index contributed by atoms with van der Waals surface area (Å²) in [5, 5.41) is 6.66. The monoisotopic (exact) mass is 397 g/mol. The highest BCUT2D eigenvalue weighted by Crippen LogP contribution is 2.51. The molecule has 7 heteroatoms. The van der Waals surface area contributed by atoms with Crippen LogP contribution in [0.3, 0.4) is 0 Å². The molecule has 3 heterocycles. The van der Waals surface area contributed by atoms with Crippen molar-refractivity contribution in [1.29, 1.82) is 0 Å². The van der Waals surface area contributed by atoms with Crippen molar-refractivity contribution < 1.29 is 18.8 Å². The highest BCUT2D eigenvalue weighted by Gasteiger charge is 2.45. The molecule has 1 saturated carbocycles. The van der Waals surface area contributed by atoms with E-state index in [-0.39, 0.29) is 17.4 Å². The number of amides is 1. The minimum Gasteiger partial charge on any atom is -0.486 e. The number of hydrogen-bond donors (Lipinski definition) is 1. The number of fused-ring (bicyclic) bond motifs is 3. The first-order valence-corrected chi connectivity index (χ1v) is 10.5. The summed E-state index contributed by atoms with van der Waals surface area (Å²) in [6.07, 6.45) is 4.73. The Morgan fingerprint density at radius 2 is 1.93 bits per heavy atom. The normalized spacial score (nSPS) is 22.5. The van der Waals surface area contributed by atoms with Gasteiger partial charge in [0.05, 0.1) is 12.2 Å². The lowest BCUT2D eigenvalue weighted by Crippen LogP contribution is -2.48. The van der Waals surface area contributed by atoms with Gasteiger partial charge in [0.15, 0.2) is 11.5 Å². The van der Waals surface area contributed by atoms with E-state index in [0.717, 1.165) is 36.6 Å². The van der Waals surface area contributed by atoms with Crippen LogP contribution in [0.5, 0.6) is 11.5 Å². The number of nitrogens with one attached hydrogen (secondary N) is 1. The number of ether oxygens (including phenoxy) is 2. The van der Waals surface area contributed by atoms with Crippen LogP contribution < -0.4 is 14.8 Å². The summed E-state index contributed by atoms with van der Waals surface area (Å²) < 4.78 is 16.8. The maximum atomic E-state index is 12.7. The Morgan fingerprint density at radius 1 is 1.21 bits per heavy atom. The SMILES string of the molecule is Cc1cc(NC(=O)CN2CC3(CCCC3)c3cc4c(cc3C2C)OCCO4)on1. The van der Waals surface area contributed by atoms with Crippen LogP contribution in [0.4, 0.5) is 5.88 Å². The van der Waals surface area contributed by atoms with Gasteiger partial charge in [-0.2, -0.15) is 0 Å². The summed E-state index contributed by atoms with van der Waals surface area (Å²) in [5.74, 6) is 1.99. The van der Waals surface area contributed by atoms with Crippen molar-refractivity contribution >= 4 is 11.8 Å². The van der Waals surface area contributed by atoms with Gasteiger partial charge in [-0.1, -0.05) is 18.0 Å². The zero-order valence-corrected chi connectivity index (χ0v) is 17.0. The maximum absolute atomic E-state index is 12.7. The molecule has 0 bridgehead atoms. The number of aromatic nitrogens is 1. The number of rotatable bonds is 3. The van der Waals surface area contributed by atoms with Crippen LogP contribution in [0.25, 0.3) is 0 Å². The van der Waals surface area contributed by atoms with E-state index in [4.69, 9.17) is 14.0 Å². The lowest BCUT2D eigenvalue weighted by molar-refractivity contribution is -0.118. The molecule has 2 aromatic rings. The average molecular weight is 397 g/mol. The van der Waals surface area contributed by atoms with E-state index in [0.29, 0.717) is 25.6 Å². The van der Waals surface area contributed by atoms with Crippen LogP contribution >= 0.6 is 0 Å². The van der Waals surface area contributed by atoms with Crippen molar-refractivity contribution in [3.05, 3.63) is 35.0 Å². The van der Waals surface area contributed by atoms with Crippen molar-refractivity contribution in [2.24, 2.45) is 0 Å². The van der Waals surface area contributed by atoms with Crippen molar-refractivity contribution in [2.45, 2.75) is 51.0 Å². The molecular weight excluding hydrogens is 370 g/mol. The molecule has 5 rings (SSSR count). The first-order valence-electron chi connectivity index (χ1n) is 10.5. The molecule has 154 valence electrons. The molecule has 1 N–H and O–H groups in total. The molecule has 1 unspecified atom stereocenters. The molecule has 1 atom stereocenters.